The molecule has 0 saturated heterocycles. The largest absolute Gasteiger partial charge is 0.476 e. The second-order valence-corrected chi connectivity index (χ2v) is 6.38. The lowest BCUT2D eigenvalue weighted by Gasteiger charge is -2.30. The van der Waals surface area contributed by atoms with Crippen LogP contribution in [0.5, 0.6) is 11.5 Å². The van der Waals surface area contributed by atoms with Crippen molar-refractivity contribution in [1.82, 2.24) is 0 Å². The number of hydrogen-bond donors (Lipinski definition) is 0. The van der Waals surface area contributed by atoms with Crippen LogP contribution >= 0.6 is 23.2 Å². The molecule has 1 aromatic rings. The first-order chi connectivity index (χ1) is 11.7. The van der Waals surface area contributed by atoms with Crippen LogP contribution in [-0.4, -0.2) is 23.6 Å². The van der Waals surface area contributed by atoms with Gasteiger partial charge < -0.3 is 9.47 Å². The van der Waals surface area contributed by atoms with Gasteiger partial charge in [0.1, 0.15) is 21.4 Å². The molecular formula is C18H12Cl2N2O2. The Morgan fingerprint density at radius 3 is 1.67 bits per heavy atom. The van der Waals surface area contributed by atoms with Crippen LogP contribution in [0.2, 0.25) is 10.0 Å². The number of ether oxygens (including phenoxy) is 2. The molecule has 2 atom stereocenters. The van der Waals surface area contributed by atoms with Crippen LogP contribution < -0.4 is 9.47 Å². The minimum absolute atomic E-state index is 0. The molecule has 4 aliphatic rings. The van der Waals surface area contributed by atoms with Gasteiger partial charge in [0, 0.05) is 1.43 Å². The molecule has 0 aromatic heterocycles. The van der Waals surface area contributed by atoms with Crippen molar-refractivity contribution >= 4 is 46.0 Å². The lowest BCUT2D eigenvalue weighted by atomic mass is 10.0. The summed E-state index contributed by atoms with van der Waals surface area (Å²) in [4.78, 5) is 9.23. The van der Waals surface area contributed by atoms with E-state index in [-0.39, 0.29) is 13.6 Å². The predicted molar refractivity (Wildman–Crippen MR) is 98.2 cm³/mol. The summed E-state index contributed by atoms with van der Waals surface area (Å²) in [6, 6.07) is 0. The minimum atomic E-state index is -0.267. The molecule has 0 radical (unpaired) electrons. The quantitative estimate of drug-likeness (QED) is 0.642. The van der Waals surface area contributed by atoms with E-state index >= 15 is 0 Å². The smallest absolute Gasteiger partial charge is 0.169 e. The zero-order chi connectivity index (χ0) is 16.3. The van der Waals surface area contributed by atoms with Crippen molar-refractivity contribution in [3.63, 3.8) is 0 Å². The highest BCUT2D eigenvalue weighted by atomic mass is 35.5. The Morgan fingerprint density at radius 1 is 0.750 bits per heavy atom. The summed E-state index contributed by atoms with van der Waals surface area (Å²) in [5, 5.41) is 0.730. The molecule has 4 nitrogen and oxygen atoms in total. The Bertz CT molecular complexity index is 883. The molecule has 120 valence electrons. The van der Waals surface area contributed by atoms with Crippen molar-refractivity contribution in [2.45, 2.75) is 12.2 Å². The number of allylic oxidation sites excluding steroid dienone is 4. The molecule has 2 aliphatic heterocycles. The summed E-state index contributed by atoms with van der Waals surface area (Å²) >= 11 is 13.1. The van der Waals surface area contributed by atoms with E-state index in [1.807, 2.05) is 48.6 Å². The van der Waals surface area contributed by atoms with Crippen molar-refractivity contribution < 1.29 is 10.9 Å². The number of halogens is 2. The lowest BCUT2D eigenvalue weighted by molar-refractivity contribution is 0.300. The Hall–Kier alpha value is -2.30. The number of nitrogens with zero attached hydrogens (tertiary/aromatic N) is 2. The SMILES string of the molecule is Clc1c2c(c(Cl)c3c1OC1C=CC=CC1=N3)OC1C=CC=CC1=N2.[2HH]. The molecule has 0 amide bonds. The second-order valence-electron chi connectivity index (χ2n) is 5.62. The molecule has 0 N–H and O–H groups in total. The average Bonchev–Trinajstić information content (AvgIpc) is 2.64. The van der Waals surface area contributed by atoms with Gasteiger partial charge in [-0.15, -0.1) is 0 Å². The van der Waals surface area contributed by atoms with Crippen LogP contribution in [0.4, 0.5) is 11.4 Å². The van der Waals surface area contributed by atoms with Crippen LogP contribution in [-0.2, 0) is 0 Å². The van der Waals surface area contributed by atoms with Crippen LogP contribution in [0.1, 0.15) is 1.43 Å². The van der Waals surface area contributed by atoms with E-state index < -0.39 is 0 Å². The minimum Gasteiger partial charge on any atom is -0.476 e. The van der Waals surface area contributed by atoms with Gasteiger partial charge in [0.05, 0.1) is 11.4 Å². The Morgan fingerprint density at radius 2 is 1.21 bits per heavy atom. The molecular weight excluding hydrogens is 347 g/mol. The molecule has 0 spiro atoms. The predicted octanol–water partition coefficient (Wildman–Crippen LogP) is 5.16. The van der Waals surface area contributed by atoms with E-state index in [4.69, 9.17) is 32.7 Å². The first kappa shape index (κ1) is 14.1. The molecule has 5 rings (SSSR count). The number of aliphatic imine (C=N–C) groups is 2. The molecule has 2 aliphatic carbocycles. The Balaban J connectivity index is 0.00000157. The highest BCUT2D eigenvalue weighted by molar-refractivity contribution is 6.41. The van der Waals surface area contributed by atoms with E-state index in [0.717, 1.165) is 11.4 Å². The number of rotatable bonds is 0. The van der Waals surface area contributed by atoms with Crippen molar-refractivity contribution in [3.05, 3.63) is 58.7 Å². The Labute approximate surface area is 149 Å². The van der Waals surface area contributed by atoms with E-state index in [2.05, 4.69) is 9.98 Å². The van der Waals surface area contributed by atoms with E-state index in [0.29, 0.717) is 32.9 Å². The van der Waals surface area contributed by atoms with Crippen molar-refractivity contribution in [1.29, 1.82) is 0 Å². The molecule has 6 heteroatoms. The molecule has 2 heterocycles. The standard InChI is InChI=1S/C18H10Cl2N2O2.H2/c19-13-15-17(23-11-7-3-1-5-9(11)21-15)14(20)16-18(13)24-12-8-4-2-6-10(12)22-16;/h1-8,11-12H;1H/i;1+1. The van der Waals surface area contributed by atoms with Gasteiger partial charge in [0.15, 0.2) is 23.7 Å². The van der Waals surface area contributed by atoms with E-state index in [1.165, 1.54) is 0 Å². The molecule has 24 heavy (non-hydrogen) atoms. The fourth-order valence-electron chi connectivity index (χ4n) is 2.98. The van der Waals surface area contributed by atoms with Crippen molar-refractivity contribution in [2.24, 2.45) is 9.98 Å². The first-order valence-electron chi connectivity index (χ1n) is 7.47. The fraction of sp³-hybridized carbons (Fsp3) is 0.111. The van der Waals surface area contributed by atoms with E-state index in [9.17, 15) is 0 Å². The molecule has 0 bridgehead atoms. The third-order valence-corrected chi connectivity index (χ3v) is 4.83. The number of hydrogen-bond acceptors (Lipinski definition) is 4. The zero-order valence-corrected chi connectivity index (χ0v) is 13.8. The lowest BCUT2D eigenvalue weighted by Crippen LogP contribution is -2.29. The van der Waals surface area contributed by atoms with E-state index in [1.54, 1.807) is 0 Å². The van der Waals surface area contributed by atoms with Crippen LogP contribution in [0.15, 0.2) is 58.6 Å². The number of benzene rings is 1. The molecule has 0 saturated carbocycles. The van der Waals surface area contributed by atoms with Gasteiger partial charge >= 0.3 is 0 Å². The van der Waals surface area contributed by atoms with Gasteiger partial charge in [-0.2, -0.15) is 0 Å². The van der Waals surface area contributed by atoms with Gasteiger partial charge in [-0.1, -0.05) is 47.5 Å². The third kappa shape index (κ3) is 1.93. The summed E-state index contributed by atoms with van der Waals surface area (Å²) in [5.74, 6) is 0.881. The van der Waals surface area contributed by atoms with Gasteiger partial charge in [-0.05, 0) is 24.3 Å². The highest BCUT2D eigenvalue weighted by Crippen LogP contribution is 2.56. The van der Waals surface area contributed by atoms with Gasteiger partial charge in [0.25, 0.3) is 0 Å². The maximum Gasteiger partial charge on any atom is 0.169 e. The highest BCUT2D eigenvalue weighted by Gasteiger charge is 2.34. The first-order valence-corrected chi connectivity index (χ1v) is 8.23. The maximum absolute atomic E-state index is 6.55. The summed E-state index contributed by atoms with van der Waals surface area (Å²) in [6.07, 6.45) is 14.7. The van der Waals surface area contributed by atoms with Crippen molar-refractivity contribution in [2.75, 3.05) is 0 Å². The van der Waals surface area contributed by atoms with Crippen LogP contribution in [0.3, 0.4) is 0 Å². The topological polar surface area (TPSA) is 43.2 Å². The molecule has 2 unspecified atom stereocenters. The van der Waals surface area contributed by atoms with Crippen LogP contribution in [0.25, 0.3) is 0 Å². The summed E-state index contributed by atoms with van der Waals surface area (Å²) in [5.41, 5.74) is 2.54. The monoisotopic (exact) mass is 359 g/mol. The third-order valence-electron chi connectivity index (χ3n) is 4.13. The van der Waals surface area contributed by atoms with Gasteiger partial charge in [0.2, 0.25) is 0 Å². The summed E-state index contributed by atoms with van der Waals surface area (Å²) in [7, 11) is 0. The maximum atomic E-state index is 6.55. The van der Waals surface area contributed by atoms with Crippen LogP contribution in [0, 0.1) is 0 Å². The number of fused-ring (bicyclic) bond motifs is 4. The molecule has 1 aromatic carbocycles. The zero-order valence-electron chi connectivity index (χ0n) is 12.2. The van der Waals surface area contributed by atoms with Gasteiger partial charge in [-0.3, -0.25) is 0 Å². The average molecular weight is 360 g/mol. The normalized spacial score (nSPS) is 24.8. The summed E-state index contributed by atoms with van der Waals surface area (Å²) in [6.45, 7) is 0. The second kappa shape index (κ2) is 5.10. The van der Waals surface area contributed by atoms with Crippen molar-refractivity contribution in [3.8, 4) is 11.5 Å². The fourth-order valence-corrected chi connectivity index (χ4v) is 3.50. The Kier molecular flexibility index (Phi) is 2.99. The van der Waals surface area contributed by atoms with Gasteiger partial charge in [-0.25, -0.2) is 9.98 Å². The summed E-state index contributed by atoms with van der Waals surface area (Å²) < 4.78 is 12.0. The molecule has 0 fully saturated rings.